The van der Waals surface area contributed by atoms with E-state index in [1.54, 1.807) is 33.6 Å². The standard InChI is InChI=1S/C18H23N3O4/c1-22-14-5-4-6-15(23-2)17(14)25-13-8-11-21(12-9-13)18-19-10-7-16(20-18)24-3/h4-7,10,13H,8-9,11-12H2,1-3H3. The third-order valence-electron chi connectivity index (χ3n) is 4.22. The van der Waals surface area contributed by atoms with Crippen LogP contribution in [-0.4, -0.2) is 50.5 Å². The van der Waals surface area contributed by atoms with Crippen LogP contribution in [0.2, 0.25) is 0 Å². The fourth-order valence-corrected chi connectivity index (χ4v) is 2.87. The topological polar surface area (TPSA) is 65.9 Å². The number of anilines is 1. The third-order valence-corrected chi connectivity index (χ3v) is 4.22. The molecule has 0 N–H and O–H groups in total. The van der Waals surface area contributed by atoms with Gasteiger partial charge in [0.25, 0.3) is 0 Å². The Hall–Kier alpha value is -2.70. The van der Waals surface area contributed by atoms with Gasteiger partial charge in [-0.25, -0.2) is 4.98 Å². The summed E-state index contributed by atoms with van der Waals surface area (Å²) in [5, 5.41) is 0. The summed E-state index contributed by atoms with van der Waals surface area (Å²) in [7, 11) is 4.86. The average molecular weight is 345 g/mol. The molecule has 0 spiro atoms. The molecular formula is C18H23N3O4. The van der Waals surface area contributed by atoms with Crippen LogP contribution in [0.3, 0.4) is 0 Å². The lowest BCUT2D eigenvalue weighted by molar-refractivity contribution is 0.157. The van der Waals surface area contributed by atoms with E-state index >= 15 is 0 Å². The Morgan fingerprint density at radius 1 is 0.960 bits per heavy atom. The van der Waals surface area contributed by atoms with E-state index in [1.165, 1.54) is 0 Å². The van der Waals surface area contributed by atoms with Crippen LogP contribution < -0.4 is 23.8 Å². The second kappa shape index (κ2) is 7.92. The van der Waals surface area contributed by atoms with E-state index in [0.717, 1.165) is 25.9 Å². The van der Waals surface area contributed by atoms with E-state index < -0.39 is 0 Å². The molecule has 0 unspecified atom stereocenters. The van der Waals surface area contributed by atoms with Gasteiger partial charge in [-0.3, -0.25) is 0 Å². The minimum atomic E-state index is 0.0899. The highest BCUT2D eigenvalue weighted by atomic mass is 16.5. The van der Waals surface area contributed by atoms with Crippen molar-refractivity contribution in [2.45, 2.75) is 18.9 Å². The van der Waals surface area contributed by atoms with Crippen LogP contribution in [0.5, 0.6) is 23.1 Å². The van der Waals surface area contributed by atoms with E-state index in [2.05, 4.69) is 14.9 Å². The van der Waals surface area contributed by atoms with Gasteiger partial charge in [-0.1, -0.05) is 6.07 Å². The molecule has 0 bridgehead atoms. The van der Waals surface area contributed by atoms with Crippen LogP contribution in [0, 0.1) is 0 Å². The van der Waals surface area contributed by atoms with Crippen molar-refractivity contribution in [3.63, 3.8) is 0 Å². The van der Waals surface area contributed by atoms with Gasteiger partial charge in [0.05, 0.1) is 21.3 Å². The van der Waals surface area contributed by atoms with E-state index in [9.17, 15) is 0 Å². The zero-order valence-corrected chi connectivity index (χ0v) is 14.8. The van der Waals surface area contributed by atoms with Gasteiger partial charge < -0.3 is 23.8 Å². The van der Waals surface area contributed by atoms with Gasteiger partial charge in [0, 0.05) is 38.2 Å². The van der Waals surface area contributed by atoms with Gasteiger partial charge in [-0.2, -0.15) is 4.98 Å². The Labute approximate surface area is 147 Å². The highest BCUT2D eigenvalue weighted by molar-refractivity contribution is 5.51. The van der Waals surface area contributed by atoms with Crippen molar-refractivity contribution in [2.24, 2.45) is 0 Å². The molecule has 2 heterocycles. The van der Waals surface area contributed by atoms with Crippen molar-refractivity contribution in [2.75, 3.05) is 39.3 Å². The first-order chi connectivity index (χ1) is 12.2. The largest absolute Gasteiger partial charge is 0.493 e. The molecule has 1 aliphatic rings. The van der Waals surface area contributed by atoms with Gasteiger partial charge >= 0.3 is 0 Å². The Balaban J connectivity index is 1.65. The molecule has 0 amide bonds. The average Bonchev–Trinajstić information content (AvgIpc) is 2.68. The Morgan fingerprint density at radius 2 is 1.64 bits per heavy atom. The normalized spacial score (nSPS) is 14.9. The summed E-state index contributed by atoms with van der Waals surface area (Å²) in [5.74, 6) is 3.27. The molecular weight excluding hydrogens is 322 g/mol. The molecule has 3 rings (SSSR count). The van der Waals surface area contributed by atoms with Crippen LogP contribution in [0.25, 0.3) is 0 Å². The van der Waals surface area contributed by atoms with Crippen LogP contribution in [-0.2, 0) is 0 Å². The van der Waals surface area contributed by atoms with Gasteiger partial charge in [0.2, 0.25) is 17.6 Å². The fourth-order valence-electron chi connectivity index (χ4n) is 2.87. The van der Waals surface area contributed by atoms with Gasteiger partial charge in [-0.15, -0.1) is 0 Å². The second-order valence-corrected chi connectivity index (χ2v) is 5.69. The molecule has 2 aromatic rings. The second-order valence-electron chi connectivity index (χ2n) is 5.69. The number of ether oxygens (including phenoxy) is 4. The molecule has 1 saturated heterocycles. The molecule has 1 aliphatic heterocycles. The van der Waals surface area contributed by atoms with E-state index in [1.807, 2.05) is 18.2 Å². The first kappa shape index (κ1) is 17.1. The number of methoxy groups -OCH3 is 3. The maximum absolute atomic E-state index is 6.19. The quantitative estimate of drug-likeness (QED) is 0.797. The number of benzene rings is 1. The van der Waals surface area contributed by atoms with Crippen LogP contribution in [0.4, 0.5) is 5.95 Å². The van der Waals surface area contributed by atoms with Crippen LogP contribution >= 0.6 is 0 Å². The molecule has 1 aromatic heterocycles. The smallest absolute Gasteiger partial charge is 0.228 e. The minimum Gasteiger partial charge on any atom is -0.493 e. The predicted octanol–water partition coefficient (Wildman–Crippen LogP) is 2.55. The molecule has 0 radical (unpaired) electrons. The number of piperidine rings is 1. The Bertz CT molecular complexity index is 680. The predicted molar refractivity (Wildman–Crippen MR) is 94.0 cm³/mol. The van der Waals surface area contributed by atoms with Crippen molar-refractivity contribution in [1.82, 2.24) is 9.97 Å². The van der Waals surface area contributed by atoms with Crippen molar-refractivity contribution in [1.29, 1.82) is 0 Å². The fraction of sp³-hybridized carbons (Fsp3) is 0.444. The van der Waals surface area contributed by atoms with E-state index in [-0.39, 0.29) is 6.10 Å². The summed E-state index contributed by atoms with van der Waals surface area (Å²) >= 11 is 0. The SMILES string of the molecule is COc1ccnc(N2CCC(Oc3c(OC)cccc3OC)CC2)n1. The number of aromatic nitrogens is 2. The van der Waals surface area contributed by atoms with Crippen molar-refractivity contribution in [3.05, 3.63) is 30.5 Å². The first-order valence-corrected chi connectivity index (χ1v) is 8.24. The lowest BCUT2D eigenvalue weighted by atomic mass is 10.1. The number of nitrogens with zero attached hydrogens (tertiary/aromatic N) is 3. The highest BCUT2D eigenvalue weighted by Crippen LogP contribution is 2.38. The maximum Gasteiger partial charge on any atom is 0.228 e. The minimum absolute atomic E-state index is 0.0899. The van der Waals surface area contributed by atoms with Gasteiger partial charge in [0.1, 0.15) is 6.10 Å². The Morgan fingerprint density at radius 3 is 2.24 bits per heavy atom. The summed E-state index contributed by atoms with van der Waals surface area (Å²) in [5.41, 5.74) is 0. The summed E-state index contributed by atoms with van der Waals surface area (Å²) in [6.45, 7) is 1.63. The molecule has 1 aromatic carbocycles. The molecule has 7 nitrogen and oxygen atoms in total. The maximum atomic E-state index is 6.19. The third kappa shape index (κ3) is 3.87. The first-order valence-electron chi connectivity index (χ1n) is 8.24. The number of hydrogen-bond acceptors (Lipinski definition) is 7. The van der Waals surface area contributed by atoms with Crippen molar-refractivity contribution in [3.8, 4) is 23.1 Å². The van der Waals surface area contributed by atoms with Crippen LogP contribution in [0.1, 0.15) is 12.8 Å². The zero-order valence-electron chi connectivity index (χ0n) is 14.8. The molecule has 134 valence electrons. The lowest BCUT2D eigenvalue weighted by Gasteiger charge is -2.32. The van der Waals surface area contributed by atoms with Crippen LogP contribution in [0.15, 0.2) is 30.5 Å². The molecule has 25 heavy (non-hydrogen) atoms. The van der Waals surface area contributed by atoms with E-state index in [0.29, 0.717) is 29.1 Å². The molecule has 0 atom stereocenters. The van der Waals surface area contributed by atoms with Gasteiger partial charge in [-0.05, 0) is 12.1 Å². The molecule has 0 saturated carbocycles. The van der Waals surface area contributed by atoms with Gasteiger partial charge in [0.15, 0.2) is 11.5 Å². The summed E-state index contributed by atoms with van der Waals surface area (Å²) in [6, 6.07) is 7.37. The number of para-hydroxylation sites is 1. The zero-order chi connectivity index (χ0) is 17.6. The Kier molecular flexibility index (Phi) is 5.42. The summed E-state index contributed by atoms with van der Waals surface area (Å²) < 4.78 is 22.1. The number of hydrogen-bond donors (Lipinski definition) is 0. The van der Waals surface area contributed by atoms with E-state index in [4.69, 9.17) is 18.9 Å². The number of rotatable bonds is 6. The van der Waals surface area contributed by atoms with Crippen molar-refractivity contribution < 1.29 is 18.9 Å². The summed E-state index contributed by atoms with van der Waals surface area (Å²) in [4.78, 5) is 10.9. The molecule has 0 aliphatic carbocycles. The van der Waals surface area contributed by atoms with Crippen molar-refractivity contribution >= 4 is 5.95 Å². The molecule has 1 fully saturated rings. The highest BCUT2D eigenvalue weighted by Gasteiger charge is 2.24. The monoisotopic (exact) mass is 345 g/mol. The summed E-state index contributed by atoms with van der Waals surface area (Å²) in [6.07, 6.45) is 3.53. The lowest BCUT2D eigenvalue weighted by Crippen LogP contribution is -2.39. The molecule has 7 heteroatoms.